The van der Waals surface area contributed by atoms with Gasteiger partial charge in [0, 0.05) is 29.3 Å². The molecule has 0 aromatic heterocycles. The summed E-state index contributed by atoms with van der Waals surface area (Å²) in [5.41, 5.74) is 3.86. The number of benzene rings is 5. The van der Waals surface area contributed by atoms with E-state index in [1.54, 1.807) is 39.9 Å². The number of nitrogens with zero attached hydrogens (tertiary/aromatic N) is 3. The maximum absolute atomic E-state index is 16.6. The molecule has 1 fully saturated rings. The molecule has 11 heteroatoms. The smallest absolute Gasteiger partial charge is 0.266 e. The monoisotopic (exact) mass is 781 g/mol. The average Bonchev–Trinajstić information content (AvgIpc) is 3.59. The van der Waals surface area contributed by atoms with Crippen molar-refractivity contribution in [3.05, 3.63) is 149 Å². The number of fused-ring (bicyclic) bond motifs is 5. The van der Waals surface area contributed by atoms with Crippen LogP contribution in [0.3, 0.4) is 0 Å². The molecule has 5 aromatic rings. The molecule has 0 bridgehead atoms. The van der Waals surface area contributed by atoms with E-state index in [1.165, 1.54) is 0 Å². The number of aliphatic hydroxyl groups excluding tert-OH is 1. The van der Waals surface area contributed by atoms with Crippen molar-refractivity contribution in [2.45, 2.75) is 69.2 Å². The molecule has 0 saturated carbocycles. The highest BCUT2D eigenvalue weighted by Crippen LogP contribution is 2.60. The van der Waals surface area contributed by atoms with Crippen LogP contribution < -0.4 is 14.5 Å². The second-order valence-corrected chi connectivity index (χ2v) is 19.9. The van der Waals surface area contributed by atoms with E-state index in [0.29, 0.717) is 52.7 Å². The Bertz CT molecular complexity index is 2400. The van der Waals surface area contributed by atoms with E-state index in [4.69, 9.17) is 9.47 Å². The summed E-state index contributed by atoms with van der Waals surface area (Å²) in [7, 11) is -3.53. The SMILES string of the molecule is C[C@@H]1[C@@H]([Si](C)(C)F)[C@H](CC(=O)N2Cc3ccccc3C[C@H]2CO)O[C@@]12C(=O)N(Cc1ccc(N3C(=O)c4ccccc4Oc4ccccc43)cc1)c1ccccc12. The Morgan fingerprint density at radius 2 is 1.49 bits per heavy atom. The van der Waals surface area contributed by atoms with Crippen molar-refractivity contribution in [2.75, 3.05) is 16.4 Å². The average molecular weight is 782 g/mol. The molecule has 0 unspecified atom stereocenters. The number of aliphatic hydroxyl groups is 1. The zero-order valence-corrected chi connectivity index (χ0v) is 33.1. The van der Waals surface area contributed by atoms with Crippen LogP contribution in [-0.2, 0) is 39.4 Å². The first-order valence-electron chi connectivity index (χ1n) is 19.5. The van der Waals surface area contributed by atoms with Crippen molar-refractivity contribution < 1.29 is 33.1 Å². The number of ether oxygens (including phenoxy) is 2. The van der Waals surface area contributed by atoms with Gasteiger partial charge >= 0.3 is 0 Å². The quantitative estimate of drug-likeness (QED) is 0.132. The predicted octanol–water partition coefficient (Wildman–Crippen LogP) is 8.43. The second-order valence-electron chi connectivity index (χ2n) is 16.1. The molecule has 4 heterocycles. The number of para-hydroxylation sites is 4. The third-order valence-electron chi connectivity index (χ3n) is 12.3. The van der Waals surface area contributed by atoms with Crippen molar-refractivity contribution >= 4 is 43.2 Å². The number of rotatable bonds is 7. The topological polar surface area (TPSA) is 99.6 Å². The fraction of sp³-hybridized carbons (Fsp3) is 0.283. The molecule has 57 heavy (non-hydrogen) atoms. The summed E-state index contributed by atoms with van der Waals surface area (Å²) in [4.78, 5) is 48.2. The Balaban J connectivity index is 1.01. The van der Waals surface area contributed by atoms with Crippen molar-refractivity contribution in [1.82, 2.24) is 4.90 Å². The maximum Gasteiger partial charge on any atom is 0.266 e. The summed E-state index contributed by atoms with van der Waals surface area (Å²) in [5, 5.41) is 10.3. The standard InChI is InChI=1S/C46H44FN3O6Si/c1-29-43(57(2,3)47)41(25-42(52)48-27-32-13-5-4-12-31(32)24-34(48)28-51)56-46(29)36-15-7-8-16-37(36)49(45(46)54)26-30-20-22-33(23-21-30)50-38-17-9-11-19-40(38)55-39-18-10-6-14-35(39)44(50)53/h4-23,29,34,41,43,51H,24-28H2,1-3H3/t29-,34+,41+,43-,46+/m1/s1. The van der Waals surface area contributed by atoms with Crippen LogP contribution in [0.15, 0.2) is 121 Å². The van der Waals surface area contributed by atoms with Gasteiger partial charge in [-0.25, -0.2) is 0 Å². The number of halogens is 1. The van der Waals surface area contributed by atoms with Crippen molar-refractivity contribution in [2.24, 2.45) is 5.92 Å². The number of carbonyl (C=O) groups is 3. The lowest BCUT2D eigenvalue weighted by Gasteiger charge is -2.37. The Labute approximate surface area is 332 Å². The molecule has 3 amide bonds. The summed E-state index contributed by atoms with van der Waals surface area (Å²) < 4.78 is 29.6. The van der Waals surface area contributed by atoms with E-state index in [0.717, 1.165) is 16.7 Å². The zero-order valence-electron chi connectivity index (χ0n) is 32.1. The van der Waals surface area contributed by atoms with Gasteiger partial charge in [0.15, 0.2) is 11.4 Å². The minimum absolute atomic E-state index is 0.0967. The molecular weight excluding hydrogens is 738 g/mol. The van der Waals surface area contributed by atoms with E-state index in [2.05, 4.69) is 0 Å². The molecule has 4 aliphatic heterocycles. The molecule has 0 aliphatic carbocycles. The van der Waals surface area contributed by atoms with E-state index in [1.807, 2.05) is 116 Å². The number of hydrogen-bond acceptors (Lipinski definition) is 6. The van der Waals surface area contributed by atoms with E-state index in [9.17, 15) is 19.5 Å². The summed E-state index contributed by atoms with van der Waals surface area (Å²) >= 11 is 0. The third-order valence-corrected chi connectivity index (χ3v) is 14.8. The third kappa shape index (κ3) is 6.07. The first-order valence-corrected chi connectivity index (χ1v) is 22.5. The minimum Gasteiger partial charge on any atom is -0.454 e. The van der Waals surface area contributed by atoms with Crippen LogP contribution >= 0.6 is 0 Å². The fourth-order valence-corrected chi connectivity index (χ4v) is 12.2. The van der Waals surface area contributed by atoms with Crippen LogP contribution in [0.4, 0.5) is 21.2 Å². The Hall–Kier alpha value is -5.62. The van der Waals surface area contributed by atoms with Gasteiger partial charge in [-0.1, -0.05) is 85.8 Å². The highest BCUT2D eigenvalue weighted by atomic mass is 28.4. The normalized spacial score (nSPS) is 23.8. The lowest BCUT2D eigenvalue weighted by molar-refractivity contribution is -0.151. The van der Waals surface area contributed by atoms with Crippen LogP contribution in [0.5, 0.6) is 11.5 Å². The van der Waals surface area contributed by atoms with Gasteiger partial charge in [-0.3, -0.25) is 19.3 Å². The summed E-state index contributed by atoms with van der Waals surface area (Å²) in [6, 6.07) is 37.1. The van der Waals surface area contributed by atoms with Gasteiger partial charge in [-0.15, -0.1) is 0 Å². The number of hydrogen-bond donors (Lipinski definition) is 1. The molecule has 9 rings (SSSR count). The predicted molar refractivity (Wildman–Crippen MR) is 218 cm³/mol. The van der Waals surface area contributed by atoms with Gasteiger partial charge in [0.1, 0.15) is 5.75 Å². The fourth-order valence-electron chi connectivity index (χ4n) is 9.69. The van der Waals surface area contributed by atoms with Gasteiger partial charge in [0.25, 0.3) is 11.8 Å². The Kier molecular flexibility index (Phi) is 9.14. The van der Waals surface area contributed by atoms with Crippen LogP contribution in [0.25, 0.3) is 0 Å². The molecular formula is C46H44FN3O6Si. The van der Waals surface area contributed by atoms with Gasteiger partial charge in [-0.2, -0.15) is 0 Å². The minimum atomic E-state index is -3.53. The molecule has 290 valence electrons. The van der Waals surface area contributed by atoms with Crippen molar-refractivity contribution in [3.8, 4) is 11.5 Å². The van der Waals surface area contributed by atoms with Crippen LogP contribution in [0.2, 0.25) is 18.6 Å². The molecule has 5 atom stereocenters. The van der Waals surface area contributed by atoms with E-state index < -0.39 is 37.6 Å². The van der Waals surface area contributed by atoms with E-state index >= 15 is 4.11 Å². The van der Waals surface area contributed by atoms with Crippen LogP contribution in [0.1, 0.15) is 46.0 Å². The summed E-state index contributed by atoms with van der Waals surface area (Å²) in [5.74, 6) is -0.251. The number of anilines is 3. The maximum atomic E-state index is 16.6. The second kappa shape index (κ2) is 14.1. The molecule has 5 aromatic carbocycles. The first-order chi connectivity index (χ1) is 27.5. The number of amides is 3. The lowest BCUT2D eigenvalue weighted by atomic mass is 9.82. The molecule has 1 N–H and O–H groups in total. The Morgan fingerprint density at radius 3 is 2.23 bits per heavy atom. The van der Waals surface area contributed by atoms with Crippen LogP contribution in [-0.4, -0.2) is 54.9 Å². The zero-order chi connectivity index (χ0) is 39.6. The molecule has 1 spiro atoms. The molecule has 4 aliphatic rings. The van der Waals surface area contributed by atoms with Crippen LogP contribution in [0, 0.1) is 5.92 Å². The summed E-state index contributed by atoms with van der Waals surface area (Å²) in [6.07, 6.45) is -0.404. The highest BCUT2D eigenvalue weighted by molar-refractivity contribution is 6.72. The van der Waals surface area contributed by atoms with Gasteiger partial charge in [0.05, 0.1) is 48.7 Å². The van der Waals surface area contributed by atoms with E-state index in [-0.39, 0.29) is 37.3 Å². The first kappa shape index (κ1) is 37.0. The van der Waals surface area contributed by atoms with Gasteiger partial charge in [0.2, 0.25) is 14.3 Å². The van der Waals surface area contributed by atoms with Gasteiger partial charge < -0.3 is 28.5 Å². The lowest BCUT2D eigenvalue weighted by Crippen LogP contribution is -2.48. The highest BCUT2D eigenvalue weighted by Gasteiger charge is 2.67. The molecule has 9 nitrogen and oxygen atoms in total. The number of carbonyl (C=O) groups excluding carboxylic acids is 3. The van der Waals surface area contributed by atoms with Crippen molar-refractivity contribution in [3.63, 3.8) is 0 Å². The van der Waals surface area contributed by atoms with Crippen molar-refractivity contribution in [1.29, 1.82) is 0 Å². The molecule has 1 saturated heterocycles. The Morgan fingerprint density at radius 1 is 0.842 bits per heavy atom. The summed E-state index contributed by atoms with van der Waals surface area (Å²) in [6.45, 7) is 5.52. The molecule has 0 radical (unpaired) electrons. The largest absolute Gasteiger partial charge is 0.454 e. The van der Waals surface area contributed by atoms with Gasteiger partial charge in [-0.05, 0) is 78.7 Å².